The van der Waals surface area contributed by atoms with Gasteiger partial charge in [0, 0.05) is 12.3 Å². The second kappa shape index (κ2) is 12.0. The average Bonchev–Trinajstić information content (AvgIpc) is 2.82. The predicted octanol–water partition coefficient (Wildman–Crippen LogP) is 2.07. The lowest BCUT2D eigenvalue weighted by molar-refractivity contribution is -0.131. The number of carbonyl (C=O) groups excluding carboxylic acids is 2. The van der Waals surface area contributed by atoms with Crippen LogP contribution in [0.25, 0.3) is 0 Å². The van der Waals surface area contributed by atoms with Gasteiger partial charge in [-0.3, -0.25) is 9.59 Å². The summed E-state index contributed by atoms with van der Waals surface area (Å²) in [4.78, 5) is 26.4. The third kappa shape index (κ3) is 7.08. The first-order valence-corrected chi connectivity index (χ1v) is 11.9. The second-order valence-electron chi connectivity index (χ2n) is 9.48. The van der Waals surface area contributed by atoms with E-state index >= 15 is 0 Å². The molecule has 0 heterocycles. The molecule has 2 aromatic carbocycles. The standard InChI is InChI=1S/C26H35BN2O5/c1-17(2)13-24(27(32)33)29-26(31)23(14-18-7-5-4-6-8-18)28-25(30)21-10-9-20-16-22(34-3)12-11-19(20)15-21/h4-8,11-12,16-17,21,23-24,32-33H,9-10,13-15H2,1-3H3,(H,28,30)(H,29,31). The molecule has 2 amide bonds. The maximum absolute atomic E-state index is 13.2. The number of fused-ring (bicyclic) bond motifs is 1. The van der Waals surface area contributed by atoms with Gasteiger partial charge in [0.2, 0.25) is 11.8 Å². The van der Waals surface area contributed by atoms with E-state index in [-0.39, 0.29) is 17.7 Å². The van der Waals surface area contributed by atoms with Crippen molar-refractivity contribution in [3.8, 4) is 5.75 Å². The summed E-state index contributed by atoms with van der Waals surface area (Å²) in [6.07, 6.45) is 2.80. The number of rotatable bonds is 10. The molecule has 1 aliphatic carbocycles. The van der Waals surface area contributed by atoms with E-state index in [9.17, 15) is 19.6 Å². The van der Waals surface area contributed by atoms with Crippen molar-refractivity contribution in [3.63, 3.8) is 0 Å². The van der Waals surface area contributed by atoms with Crippen LogP contribution in [0.1, 0.15) is 43.4 Å². The minimum Gasteiger partial charge on any atom is -0.497 e. The van der Waals surface area contributed by atoms with Crippen LogP contribution >= 0.6 is 0 Å². The lowest BCUT2D eigenvalue weighted by Crippen LogP contribution is -2.55. The summed E-state index contributed by atoms with van der Waals surface area (Å²) in [6, 6.07) is 14.6. The second-order valence-corrected chi connectivity index (χ2v) is 9.48. The number of ether oxygens (including phenoxy) is 1. The fourth-order valence-corrected chi connectivity index (χ4v) is 4.48. The van der Waals surface area contributed by atoms with Crippen LogP contribution in [0.2, 0.25) is 0 Å². The first kappa shape index (κ1) is 25.8. The topological polar surface area (TPSA) is 108 Å². The number of benzene rings is 2. The zero-order valence-electron chi connectivity index (χ0n) is 20.2. The quantitative estimate of drug-likeness (QED) is 0.401. The minimum absolute atomic E-state index is 0.162. The van der Waals surface area contributed by atoms with Crippen LogP contribution in [-0.4, -0.2) is 48.1 Å². The summed E-state index contributed by atoms with van der Waals surface area (Å²) in [5.41, 5.74) is 3.22. The maximum atomic E-state index is 13.2. The van der Waals surface area contributed by atoms with Crippen molar-refractivity contribution >= 4 is 18.9 Å². The SMILES string of the molecule is COc1ccc2c(c1)CCC(C(=O)NC(Cc1ccccc1)C(=O)NC(CC(C)C)B(O)O)C2. The molecular weight excluding hydrogens is 431 g/mol. The van der Waals surface area contributed by atoms with E-state index in [2.05, 4.69) is 10.6 Å². The van der Waals surface area contributed by atoms with Gasteiger partial charge in [-0.25, -0.2) is 0 Å². The number of aryl methyl sites for hydroxylation is 1. The fourth-order valence-electron chi connectivity index (χ4n) is 4.48. The van der Waals surface area contributed by atoms with Crippen molar-refractivity contribution in [1.82, 2.24) is 10.6 Å². The molecule has 182 valence electrons. The van der Waals surface area contributed by atoms with E-state index in [4.69, 9.17) is 4.74 Å². The highest BCUT2D eigenvalue weighted by Crippen LogP contribution is 2.29. The van der Waals surface area contributed by atoms with E-state index in [1.54, 1.807) is 7.11 Å². The van der Waals surface area contributed by atoms with Gasteiger partial charge < -0.3 is 25.4 Å². The van der Waals surface area contributed by atoms with E-state index in [0.29, 0.717) is 25.7 Å². The lowest BCUT2D eigenvalue weighted by Gasteiger charge is -2.28. The van der Waals surface area contributed by atoms with Gasteiger partial charge in [-0.2, -0.15) is 0 Å². The Morgan fingerprint density at radius 2 is 1.82 bits per heavy atom. The van der Waals surface area contributed by atoms with Gasteiger partial charge in [-0.15, -0.1) is 0 Å². The summed E-state index contributed by atoms with van der Waals surface area (Å²) >= 11 is 0. The molecule has 34 heavy (non-hydrogen) atoms. The van der Waals surface area contributed by atoms with Crippen LogP contribution in [0.15, 0.2) is 48.5 Å². The Hall–Kier alpha value is -2.84. The first-order valence-electron chi connectivity index (χ1n) is 11.9. The number of methoxy groups -OCH3 is 1. The molecule has 0 spiro atoms. The Balaban J connectivity index is 1.72. The molecule has 1 aliphatic rings. The highest BCUT2D eigenvalue weighted by atomic mass is 16.5. The van der Waals surface area contributed by atoms with Crippen molar-refractivity contribution < 1.29 is 24.4 Å². The minimum atomic E-state index is -1.67. The van der Waals surface area contributed by atoms with Gasteiger partial charge >= 0.3 is 7.12 Å². The average molecular weight is 466 g/mol. The Morgan fingerprint density at radius 1 is 1.09 bits per heavy atom. The molecule has 3 rings (SSSR count). The van der Waals surface area contributed by atoms with Gasteiger partial charge in [-0.1, -0.05) is 50.2 Å². The molecular formula is C26H35BN2O5. The molecule has 3 atom stereocenters. The van der Waals surface area contributed by atoms with E-state index in [0.717, 1.165) is 23.3 Å². The Bertz CT molecular complexity index is 967. The van der Waals surface area contributed by atoms with Gasteiger partial charge in [0.1, 0.15) is 11.8 Å². The molecule has 0 saturated carbocycles. The van der Waals surface area contributed by atoms with E-state index in [1.165, 1.54) is 5.56 Å². The van der Waals surface area contributed by atoms with E-state index in [1.807, 2.05) is 62.4 Å². The normalized spacial score (nSPS) is 16.8. The molecule has 0 aromatic heterocycles. The Kier molecular flexibility index (Phi) is 9.13. The fraction of sp³-hybridized carbons (Fsp3) is 0.462. The van der Waals surface area contributed by atoms with E-state index < -0.39 is 25.0 Å². The largest absolute Gasteiger partial charge is 0.497 e. The first-order chi connectivity index (χ1) is 16.3. The number of carbonyl (C=O) groups is 2. The molecule has 0 fully saturated rings. The van der Waals surface area contributed by atoms with Crippen LogP contribution in [0, 0.1) is 11.8 Å². The van der Waals surface area contributed by atoms with Crippen LogP contribution in [0.3, 0.4) is 0 Å². The lowest BCUT2D eigenvalue weighted by atomic mass is 9.75. The molecule has 0 aliphatic heterocycles. The predicted molar refractivity (Wildman–Crippen MR) is 132 cm³/mol. The van der Waals surface area contributed by atoms with Crippen molar-refractivity contribution in [2.24, 2.45) is 11.8 Å². The van der Waals surface area contributed by atoms with Crippen molar-refractivity contribution in [2.75, 3.05) is 7.11 Å². The smallest absolute Gasteiger partial charge is 0.475 e. The third-order valence-corrected chi connectivity index (χ3v) is 6.34. The van der Waals surface area contributed by atoms with Crippen molar-refractivity contribution in [3.05, 3.63) is 65.2 Å². The number of nitrogens with one attached hydrogen (secondary N) is 2. The molecule has 0 saturated heterocycles. The Labute approximate surface area is 202 Å². The Morgan fingerprint density at radius 3 is 2.47 bits per heavy atom. The molecule has 0 bridgehead atoms. The molecule has 8 heteroatoms. The highest BCUT2D eigenvalue weighted by Gasteiger charge is 2.32. The van der Waals surface area contributed by atoms with Crippen LogP contribution in [-0.2, 0) is 28.9 Å². The third-order valence-electron chi connectivity index (χ3n) is 6.34. The summed E-state index contributed by atoms with van der Waals surface area (Å²) in [5, 5.41) is 25.2. The summed E-state index contributed by atoms with van der Waals surface area (Å²) in [7, 11) is -0.0356. The molecule has 0 radical (unpaired) electrons. The molecule has 2 aromatic rings. The zero-order chi connectivity index (χ0) is 24.7. The van der Waals surface area contributed by atoms with Gasteiger partial charge in [0.15, 0.2) is 0 Å². The van der Waals surface area contributed by atoms with Crippen LogP contribution in [0.5, 0.6) is 5.75 Å². The molecule has 7 nitrogen and oxygen atoms in total. The molecule has 4 N–H and O–H groups in total. The summed E-state index contributed by atoms with van der Waals surface area (Å²) < 4.78 is 5.30. The zero-order valence-corrected chi connectivity index (χ0v) is 20.2. The number of amides is 2. The van der Waals surface area contributed by atoms with Crippen molar-refractivity contribution in [1.29, 1.82) is 0 Å². The number of hydrogen-bond acceptors (Lipinski definition) is 5. The highest BCUT2D eigenvalue weighted by molar-refractivity contribution is 6.43. The summed E-state index contributed by atoms with van der Waals surface area (Å²) in [6.45, 7) is 3.89. The van der Waals surface area contributed by atoms with Gasteiger partial charge in [-0.05, 0) is 60.4 Å². The number of hydrogen-bond donors (Lipinski definition) is 4. The van der Waals surface area contributed by atoms with Crippen LogP contribution in [0.4, 0.5) is 0 Å². The van der Waals surface area contributed by atoms with Crippen LogP contribution < -0.4 is 15.4 Å². The maximum Gasteiger partial charge on any atom is 0.475 e. The molecule has 3 unspecified atom stereocenters. The van der Waals surface area contributed by atoms with Crippen molar-refractivity contribution in [2.45, 2.75) is 57.9 Å². The van der Waals surface area contributed by atoms with Gasteiger partial charge in [0.25, 0.3) is 0 Å². The monoisotopic (exact) mass is 466 g/mol. The van der Waals surface area contributed by atoms with Gasteiger partial charge in [0.05, 0.1) is 13.1 Å². The summed E-state index contributed by atoms with van der Waals surface area (Å²) in [5.74, 6) is -0.654.